The van der Waals surface area contributed by atoms with E-state index in [-0.39, 0.29) is 23.6 Å². The Balaban J connectivity index is 1.58. The first-order chi connectivity index (χ1) is 10.00. The summed E-state index contributed by atoms with van der Waals surface area (Å²) in [5.74, 6) is -0.468. The van der Waals surface area contributed by atoms with Crippen LogP contribution in [0, 0.1) is 5.92 Å². The molecule has 8 heteroatoms. The zero-order chi connectivity index (χ0) is 15.0. The molecule has 3 rings (SSSR count). The number of carbonyl (C=O) groups excluding carboxylic acids is 4. The van der Waals surface area contributed by atoms with Crippen LogP contribution in [0.4, 0.5) is 4.79 Å². The predicted octanol–water partition coefficient (Wildman–Crippen LogP) is -1.29. The summed E-state index contributed by atoms with van der Waals surface area (Å²) in [6.45, 7) is 1.27. The van der Waals surface area contributed by atoms with Crippen LogP contribution in [-0.4, -0.2) is 53.8 Å². The lowest BCUT2D eigenvalue weighted by molar-refractivity contribution is -0.140. The van der Waals surface area contributed by atoms with Crippen molar-refractivity contribution in [2.75, 3.05) is 19.6 Å². The number of imide groups is 1. The highest BCUT2D eigenvalue weighted by Gasteiger charge is 2.48. The number of nitrogens with zero attached hydrogens (tertiary/aromatic N) is 1. The van der Waals surface area contributed by atoms with Crippen LogP contribution in [0.15, 0.2) is 0 Å². The van der Waals surface area contributed by atoms with Gasteiger partial charge in [0.1, 0.15) is 5.54 Å². The summed E-state index contributed by atoms with van der Waals surface area (Å²) in [6, 6.07) is -0.463. The highest BCUT2D eigenvalue weighted by Crippen LogP contribution is 2.27. The molecule has 8 nitrogen and oxygen atoms in total. The largest absolute Gasteiger partial charge is 0.355 e. The van der Waals surface area contributed by atoms with Gasteiger partial charge >= 0.3 is 6.03 Å². The number of piperidine rings is 2. The van der Waals surface area contributed by atoms with Gasteiger partial charge in [-0.2, -0.15) is 0 Å². The number of urea groups is 1. The lowest BCUT2D eigenvalue weighted by atomic mass is 9.86. The van der Waals surface area contributed by atoms with E-state index >= 15 is 0 Å². The Kier molecular flexibility index (Phi) is 3.30. The fourth-order valence-corrected chi connectivity index (χ4v) is 3.19. The van der Waals surface area contributed by atoms with E-state index in [1.807, 2.05) is 0 Å². The van der Waals surface area contributed by atoms with Crippen LogP contribution in [-0.2, 0) is 14.4 Å². The molecule has 21 heavy (non-hydrogen) atoms. The third-order valence-corrected chi connectivity index (χ3v) is 4.56. The molecule has 1 unspecified atom stereocenters. The first-order valence-corrected chi connectivity index (χ1v) is 7.19. The van der Waals surface area contributed by atoms with E-state index < -0.39 is 11.6 Å². The van der Waals surface area contributed by atoms with E-state index in [9.17, 15) is 19.2 Å². The van der Waals surface area contributed by atoms with Crippen molar-refractivity contribution in [3.05, 3.63) is 0 Å². The van der Waals surface area contributed by atoms with Gasteiger partial charge in [-0.15, -0.1) is 0 Å². The monoisotopic (exact) mass is 294 g/mol. The fourth-order valence-electron chi connectivity index (χ4n) is 3.19. The van der Waals surface area contributed by atoms with Gasteiger partial charge in [-0.05, 0) is 19.3 Å². The minimum Gasteiger partial charge on any atom is -0.355 e. The molecule has 3 aliphatic rings. The standard InChI is InChI=1S/C13H18N4O4/c18-9-2-1-8(7-14-9)10(19)17-5-3-13(4-6-17)11(20)15-12(21)16-13/h8H,1-7H2,(H,14,18)(H2,15,16,20,21). The highest BCUT2D eigenvalue weighted by atomic mass is 16.2. The third-order valence-electron chi connectivity index (χ3n) is 4.56. The van der Waals surface area contributed by atoms with Crippen LogP contribution >= 0.6 is 0 Å². The van der Waals surface area contributed by atoms with Crippen LogP contribution in [0.5, 0.6) is 0 Å². The van der Waals surface area contributed by atoms with Crippen molar-refractivity contribution >= 4 is 23.8 Å². The van der Waals surface area contributed by atoms with Gasteiger partial charge in [0.25, 0.3) is 5.91 Å². The molecule has 3 aliphatic heterocycles. The number of nitrogens with one attached hydrogen (secondary N) is 3. The molecule has 0 radical (unpaired) electrons. The summed E-state index contributed by atoms with van der Waals surface area (Å²) in [7, 11) is 0. The molecule has 1 atom stereocenters. The van der Waals surface area contributed by atoms with E-state index in [1.54, 1.807) is 4.90 Å². The zero-order valence-electron chi connectivity index (χ0n) is 11.6. The normalized spacial score (nSPS) is 28.1. The second kappa shape index (κ2) is 5.01. The summed E-state index contributed by atoms with van der Waals surface area (Å²) in [6.07, 6.45) is 1.81. The Bertz CT molecular complexity index is 500. The van der Waals surface area contributed by atoms with Gasteiger partial charge in [-0.1, -0.05) is 0 Å². The zero-order valence-corrected chi connectivity index (χ0v) is 11.6. The molecule has 0 saturated carbocycles. The number of likely N-dealkylation sites (tertiary alicyclic amines) is 1. The second-order valence-corrected chi connectivity index (χ2v) is 5.86. The highest BCUT2D eigenvalue weighted by molar-refractivity contribution is 6.07. The molecule has 0 bridgehead atoms. The summed E-state index contributed by atoms with van der Waals surface area (Å²) >= 11 is 0. The van der Waals surface area contributed by atoms with E-state index in [0.29, 0.717) is 45.3 Å². The van der Waals surface area contributed by atoms with Crippen LogP contribution in [0.2, 0.25) is 0 Å². The lowest BCUT2D eigenvalue weighted by Gasteiger charge is -2.38. The van der Waals surface area contributed by atoms with Crippen LogP contribution < -0.4 is 16.0 Å². The Morgan fingerprint density at radius 3 is 2.43 bits per heavy atom. The Morgan fingerprint density at radius 1 is 1.19 bits per heavy atom. The topological polar surface area (TPSA) is 108 Å². The van der Waals surface area contributed by atoms with Crippen molar-refractivity contribution in [2.45, 2.75) is 31.2 Å². The predicted molar refractivity (Wildman–Crippen MR) is 71.0 cm³/mol. The Labute approximate surface area is 121 Å². The van der Waals surface area contributed by atoms with Crippen LogP contribution in [0.25, 0.3) is 0 Å². The van der Waals surface area contributed by atoms with E-state index in [0.717, 1.165) is 0 Å². The van der Waals surface area contributed by atoms with E-state index in [4.69, 9.17) is 0 Å². The molecule has 3 N–H and O–H groups in total. The maximum Gasteiger partial charge on any atom is 0.322 e. The van der Waals surface area contributed by atoms with Gasteiger partial charge in [-0.3, -0.25) is 19.7 Å². The van der Waals surface area contributed by atoms with Gasteiger partial charge in [-0.25, -0.2) is 4.79 Å². The molecule has 0 aliphatic carbocycles. The molecule has 0 aromatic rings. The lowest BCUT2D eigenvalue weighted by Crippen LogP contribution is -2.57. The van der Waals surface area contributed by atoms with Crippen LogP contribution in [0.3, 0.4) is 0 Å². The smallest absolute Gasteiger partial charge is 0.322 e. The summed E-state index contributed by atoms with van der Waals surface area (Å²) in [5, 5.41) is 7.62. The molecule has 3 fully saturated rings. The van der Waals surface area contributed by atoms with Crippen molar-refractivity contribution in [2.24, 2.45) is 5.92 Å². The Hall–Kier alpha value is -2.12. The average molecular weight is 294 g/mol. The van der Waals surface area contributed by atoms with Crippen molar-refractivity contribution < 1.29 is 19.2 Å². The maximum atomic E-state index is 12.4. The molecule has 1 spiro atoms. The van der Waals surface area contributed by atoms with Gasteiger partial charge in [0.05, 0.1) is 5.92 Å². The van der Waals surface area contributed by atoms with Crippen molar-refractivity contribution in [3.8, 4) is 0 Å². The molecule has 114 valence electrons. The molecule has 0 aromatic carbocycles. The second-order valence-electron chi connectivity index (χ2n) is 5.86. The van der Waals surface area contributed by atoms with E-state index in [2.05, 4.69) is 16.0 Å². The number of hydrogen-bond acceptors (Lipinski definition) is 4. The molecular weight excluding hydrogens is 276 g/mol. The SMILES string of the molecule is O=C1CCC(C(=O)N2CCC3(CC2)NC(=O)NC3=O)CN1. The number of hydrogen-bond donors (Lipinski definition) is 3. The third kappa shape index (κ3) is 2.45. The van der Waals surface area contributed by atoms with Crippen molar-refractivity contribution in [1.29, 1.82) is 0 Å². The minimum absolute atomic E-state index is 0.0120. The van der Waals surface area contributed by atoms with E-state index in [1.165, 1.54) is 0 Å². The fraction of sp³-hybridized carbons (Fsp3) is 0.692. The van der Waals surface area contributed by atoms with Gasteiger partial charge in [0, 0.05) is 26.1 Å². The maximum absolute atomic E-state index is 12.4. The van der Waals surface area contributed by atoms with Gasteiger partial charge in [0.2, 0.25) is 11.8 Å². The summed E-state index contributed by atoms with van der Waals surface area (Å²) in [5.41, 5.74) is -0.853. The average Bonchev–Trinajstić information content (AvgIpc) is 2.74. The molecular formula is C13H18N4O4. The molecule has 0 aromatic heterocycles. The summed E-state index contributed by atoms with van der Waals surface area (Å²) < 4.78 is 0. The van der Waals surface area contributed by atoms with Crippen molar-refractivity contribution in [3.63, 3.8) is 0 Å². The molecule has 5 amide bonds. The van der Waals surface area contributed by atoms with Crippen LogP contribution in [0.1, 0.15) is 25.7 Å². The quantitative estimate of drug-likeness (QED) is 0.523. The first-order valence-electron chi connectivity index (χ1n) is 7.19. The van der Waals surface area contributed by atoms with Gasteiger partial charge < -0.3 is 15.5 Å². The Morgan fingerprint density at radius 2 is 1.90 bits per heavy atom. The molecule has 3 heterocycles. The first kappa shape index (κ1) is 13.8. The molecule has 3 saturated heterocycles. The van der Waals surface area contributed by atoms with Gasteiger partial charge in [0.15, 0.2) is 0 Å². The van der Waals surface area contributed by atoms with Crippen molar-refractivity contribution in [1.82, 2.24) is 20.9 Å². The number of amides is 5. The number of rotatable bonds is 1. The number of carbonyl (C=O) groups is 4. The minimum atomic E-state index is -0.853. The summed E-state index contributed by atoms with van der Waals surface area (Å²) in [4.78, 5) is 48.3.